The maximum Gasteiger partial charge on any atom is 0.0486 e. The van der Waals surface area contributed by atoms with Crippen LogP contribution in [0.15, 0.2) is 24.3 Å². The predicted octanol–water partition coefficient (Wildman–Crippen LogP) is 2.17. The van der Waals surface area contributed by atoms with Crippen molar-refractivity contribution in [2.45, 2.75) is 26.3 Å². The smallest absolute Gasteiger partial charge is 0.0486 e. The van der Waals surface area contributed by atoms with Crippen molar-refractivity contribution in [3.8, 4) is 0 Å². The summed E-state index contributed by atoms with van der Waals surface area (Å²) in [5, 5.41) is 0. The fourth-order valence-electron chi connectivity index (χ4n) is 1.92. The van der Waals surface area contributed by atoms with Gasteiger partial charge in [0.25, 0.3) is 0 Å². The molecule has 0 aliphatic heterocycles. The summed E-state index contributed by atoms with van der Waals surface area (Å²) in [6.45, 7) is 5.05. The topological polar surface area (TPSA) is 47.3 Å². The minimum atomic E-state index is 0.190. The number of ether oxygens (including phenoxy) is 1. The van der Waals surface area contributed by atoms with Crippen molar-refractivity contribution < 1.29 is 4.74 Å². The third kappa shape index (κ3) is 3.59. The average Bonchev–Trinajstić information content (AvgIpc) is 2.27. The van der Waals surface area contributed by atoms with Crippen LogP contribution in [0.2, 0.25) is 0 Å². The van der Waals surface area contributed by atoms with E-state index in [4.69, 9.17) is 10.6 Å². The molecule has 2 unspecified atom stereocenters. The first-order valence-corrected chi connectivity index (χ1v) is 5.70. The largest absolute Gasteiger partial charge is 0.385 e. The molecule has 0 aliphatic rings. The fourth-order valence-corrected chi connectivity index (χ4v) is 1.92. The number of hydrazine groups is 1. The molecule has 2 atom stereocenters. The lowest BCUT2D eigenvalue weighted by Crippen LogP contribution is -2.33. The van der Waals surface area contributed by atoms with Crippen molar-refractivity contribution in [2.75, 3.05) is 13.7 Å². The van der Waals surface area contributed by atoms with Crippen LogP contribution in [-0.2, 0) is 4.74 Å². The highest BCUT2D eigenvalue weighted by Crippen LogP contribution is 2.24. The molecule has 0 bridgehead atoms. The average molecular weight is 222 g/mol. The van der Waals surface area contributed by atoms with Crippen molar-refractivity contribution >= 4 is 0 Å². The third-order valence-corrected chi connectivity index (χ3v) is 2.93. The van der Waals surface area contributed by atoms with E-state index in [1.165, 1.54) is 11.1 Å². The van der Waals surface area contributed by atoms with Crippen LogP contribution in [0.4, 0.5) is 0 Å². The summed E-state index contributed by atoms with van der Waals surface area (Å²) in [6.07, 6.45) is 0.999. The minimum absolute atomic E-state index is 0.190. The first kappa shape index (κ1) is 13.2. The molecule has 0 aliphatic carbocycles. The van der Waals surface area contributed by atoms with Crippen LogP contribution in [0.5, 0.6) is 0 Å². The molecule has 0 radical (unpaired) electrons. The van der Waals surface area contributed by atoms with Crippen LogP contribution in [0.1, 0.15) is 30.5 Å². The van der Waals surface area contributed by atoms with Gasteiger partial charge in [0.1, 0.15) is 0 Å². The Labute approximate surface area is 98.0 Å². The second-order valence-electron chi connectivity index (χ2n) is 4.32. The van der Waals surface area contributed by atoms with E-state index in [1.54, 1.807) is 7.11 Å². The predicted molar refractivity (Wildman–Crippen MR) is 66.9 cm³/mol. The highest BCUT2D eigenvalue weighted by Gasteiger charge is 2.17. The van der Waals surface area contributed by atoms with Gasteiger partial charge in [-0.15, -0.1) is 0 Å². The summed E-state index contributed by atoms with van der Waals surface area (Å²) in [5.74, 6) is 6.09. The number of rotatable bonds is 6. The van der Waals surface area contributed by atoms with Gasteiger partial charge in [0, 0.05) is 19.8 Å². The van der Waals surface area contributed by atoms with Crippen LogP contribution >= 0.6 is 0 Å². The quantitative estimate of drug-likeness (QED) is 0.573. The van der Waals surface area contributed by atoms with Gasteiger partial charge in [-0.05, 0) is 24.8 Å². The number of hydrogen-bond acceptors (Lipinski definition) is 3. The zero-order valence-corrected chi connectivity index (χ0v) is 10.4. The van der Waals surface area contributed by atoms with Crippen LogP contribution < -0.4 is 11.3 Å². The Balaban J connectivity index is 2.73. The molecule has 3 nitrogen and oxygen atoms in total. The number of nitrogens with one attached hydrogen (secondary N) is 1. The van der Waals surface area contributed by atoms with Crippen molar-refractivity contribution in [3.05, 3.63) is 35.4 Å². The summed E-state index contributed by atoms with van der Waals surface area (Å²) in [5.41, 5.74) is 5.40. The van der Waals surface area contributed by atoms with Gasteiger partial charge in [-0.1, -0.05) is 36.8 Å². The molecule has 0 heterocycles. The summed E-state index contributed by atoms with van der Waals surface area (Å²) in [4.78, 5) is 0. The molecule has 90 valence electrons. The summed E-state index contributed by atoms with van der Waals surface area (Å²) in [7, 11) is 1.73. The molecule has 0 fully saturated rings. The van der Waals surface area contributed by atoms with Crippen LogP contribution in [-0.4, -0.2) is 13.7 Å². The van der Waals surface area contributed by atoms with E-state index in [9.17, 15) is 0 Å². The molecule has 3 N–H and O–H groups in total. The van der Waals surface area contributed by atoms with Gasteiger partial charge in [-0.25, -0.2) is 0 Å². The Bertz CT molecular complexity index is 315. The third-order valence-electron chi connectivity index (χ3n) is 2.93. The number of nitrogens with two attached hydrogens (primary N) is 1. The van der Waals surface area contributed by atoms with Gasteiger partial charge in [-0.3, -0.25) is 11.3 Å². The first-order valence-electron chi connectivity index (χ1n) is 5.70. The van der Waals surface area contributed by atoms with Crippen LogP contribution in [0, 0.1) is 12.8 Å². The molecule has 0 saturated carbocycles. The van der Waals surface area contributed by atoms with Gasteiger partial charge in [0.05, 0.1) is 0 Å². The second kappa shape index (κ2) is 6.63. The molecular formula is C13H22N2O. The van der Waals surface area contributed by atoms with E-state index in [2.05, 4.69) is 43.5 Å². The number of benzene rings is 1. The Morgan fingerprint density at radius 1 is 1.44 bits per heavy atom. The molecule has 0 aromatic heterocycles. The minimum Gasteiger partial charge on any atom is -0.385 e. The molecule has 0 amide bonds. The van der Waals surface area contributed by atoms with E-state index in [0.29, 0.717) is 5.92 Å². The van der Waals surface area contributed by atoms with E-state index in [-0.39, 0.29) is 6.04 Å². The van der Waals surface area contributed by atoms with Gasteiger partial charge in [0.2, 0.25) is 0 Å². The van der Waals surface area contributed by atoms with E-state index < -0.39 is 0 Å². The monoisotopic (exact) mass is 222 g/mol. The molecule has 1 aromatic carbocycles. The Hall–Kier alpha value is -0.900. The first-order chi connectivity index (χ1) is 7.69. The lowest BCUT2D eigenvalue weighted by Gasteiger charge is -2.23. The molecule has 1 rings (SSSR count). The van der Waals surface area contributed by atoms with Crippen molar-refractivity contribution in [3.63, 3.8) is 0 Å². The highest BCUT2D eigenvalue weighted by molar-refractivity contribution is 5.25. The fraction of sp³-hybridized carbons (Fsp3) is 0.538. The second-order valence-corrected chi connectivity index (χ2v) is 4.32. The van der Waals surface area contributed by atoms with Crippen molar-refractivity contribution in [1.82, 2.24) is 5.43 Å². The lowest BCUT2D eigenvalue weighted by molar-refractivity contribution is 0.170. The Morgan fingerprint density at radius 3 is 2.75 bits per heavy atom. The highest BCUT2D eigenvalue weighted by atomic mass is 16.5. The molecular weight excluding hydrogens is 200 g/mol. The van der Waals surface area contributed by atoms with E-state index in [1.807, 2.05) is 0 Å². The van der Waals surface area contributed by atoms with Crippen LogP contribution in [0.3, 0.4) is 0 Å². The zero-order chi connectivity index (χ0) is 12.0. The SMILES string of the molecule is COCCC(C)C(NN)c1cccc(C)c1. The van der Waals surface area contributed by atoms with Gasteiger partial charge in [-0.2, -0.15) is 0 Å². The van der Waals surface area contributed by atoms with E-state index >= 15 is 0 Å². The summed E-state index contributed by atoms with van der Waals surface area (Å²) in [6, 6.07) is 8.64. The normalized spacial score (nSPS) is 14.8. The maximum atomic E-state index is 5.64. The van der Waals surface area contributed by atoms with Gasteiger partial charge in [0.15, 0.2) is 0 Å². The molecule has 0 saturated heterocycles. The summed E-state index contributed by atoms with van der Waals surface area (Å²) < 4.78 is 5.10. The molecule has 3 heteroatoms. The number of aryl methyl sites for hydroxylation is 1. The number of hydrogen-bond donors (Lipinski definition) is 2. The molecule has 1 aromatic rings. The van der Waals surface area contributed by atoms with Gasteiger partial charge < -0.3 is 4.74 Å². The van der Waals surface area contributed by atoms with Crippen molar-refractivity contribution in [1.29, 1.82) is 0 Å². The number of methoxy groups -OCH3 is 1. The van der Waals surface area contributed by atoms with Crippen LogP contribution in [0.25, 0.3) is 0 Å². The Kier molecular flexibility index (Phi) is 5.46. The standard InChI is InChI=1S/C13H22N2O/c1-10-5-4-6-12(9-10)13(15-14)11(2)7-8-16-3/h4-6,9,11,13,15H,7-8,14H2,1-3H3. The van der Waals surface area contributed by atoms with Gasteiger partial charge >= 0.3 is 0 Å². The zero-order valence-electron chi connectivity index (χ0n) is 10.4. The molecule has 0 spiro atoms. The Morgan fingerprint density at radius 2 is 2.19 bits per heavy atom. The van der Waals surface area contributed by atoms with E-state index in [0.717, 1.165) is 13.0 Å². The van der Waals surface area contributed by atoms with Crippen molar-refractivity contribution in [2.24, 2.45) is 11.8 Å². The molecule has 16 heavy (non-hydrogen) atoms. The lowest BCUT2D eigenvalue weighted by atomic mass is 9.92. The summed E-state index contributed by atoms with van der Waals surface area (Å²) >= 11 is 0. The maximum absolute atomic E-state index is 5.64.